The van der Waals surface area contributed by atoms with E-state index in [4.69, 9.17) is 37.2 Å². The highest BCUT2D eigenvalue weighted by Crippen LogP contribution is 2.38. The molecule has 11 heteroatoms. The van der Waals surface area contributed by atoms with Crippen molar-refractivity contribution in [1.29, 1.82) is 0 Å². The number of methoxy groups -OCH3 is 1. The molecule has 1 aliphatic carbocycles. The standard InChI is InChI=1S/C36H37Cl2F2N3O4/c1-45-16-2-3-22-4-11-30(37)24(17-22)20-43(25-7-8-25)36(44)29-19-41-15-14-28(29)23-5-9-26(10-6-23)46-21-27-18-33(42-47-27)34-31(39)12-13-32(40)35(34)38/h4-6,9-13,17-18,25,28-29,41H,2-3,7-8,14-16,19-21H2,1H3/t28-,29+/m1/s1. The average Bonchev–Trinajstić information content (AvgIpc) is 3.83. The van der Waals surface area contributed by atoms with E-state index in [1.165, 1.54) is 11.6 Å². The first-order valence-corrected chi connectivity index (χ1v) is 16.7. The topological polar surface area (TPSA) is 76.8 Å². The predicted octanol–water partition coefficient (Wildman–Crippen LogP) is 7.97. The summed E-state index contributed by atoms with van der Waals surface area (Å²) in [5.74, 6) is -0.520. The van der Waals surface area contributed by atoms with E-state index in [1.54, 1.807) is 7.11 Å². The maximum absolute atomic E-state index is 14.3. The van der Waals surface area contributed by atoms with Crippen molar-refractivity contribution in [3.63, 3.8) is 0 Å². The fourth-order valence-electron chi connectivity index (χ4n) is 6.24. The molecule has 47 heavy (non-hydrogen) atoms. The van der Waals surface area contributed by atoms with E-state index in [0.29, 0.717) is 36.2 Å². The Bertz CT molecular complexity index is 1700. The number of benzene rings is 3. The molecule has 2 heterocycles. The minimum atomic E-state index is -0.745. The molecule has 0 unspecified atom stereocenters. The zero-order valence-corrected chi connectivity index (χ0v) is 27.6. The monoisotopic (exact) mass is 683 g/mol. The Morgan fingerprint density at radius 1 is 1.04 bits per heavy atom. The number of halogens is 4. The molecule has 1 saturated carbocycles. The molecular formula is C36H37Cl2F2N3O4. The van der Waals surface area contributed by atoms with Gasteiger partial charge >= 0.3 is 0 Å². The Labute approximate surface area is 283 Å². The fraction of sp³-hybridized carbons (Fsp3) is 0.389. The number of piperidine rings is 1. The fourth-order valence-corrected chi connectivity index (χ4v) is 6.67. The van der Waals surface area contributed by atoms with Gasteiger partial charge in [-0.15, -0.1) is 0 Å². The van der Waals surface area contributed by atoms with Crippen LogP contribution in [-0.4, -0.2) is 48.8 Å². The van der Waals surface area contributed by atoms with Crippen molar-refractivity contribution in [2.75, 3.05) is 26.8 Å². The highest BCUT2D eigenvalue weighted by molar-refractivity contribution is 6.33. The van der Waals surface area contributed by atoms with Gasteiger partial charge in [0.25, 0.3) is 0 Å². The summed E-state index contributed by atoms with van der Waals surface area (Å²) in [7, 11) is 1.71. The first-order chi connectivity index (χ1) is 22.8. The summed E-state index contributed by atoms with van der Waals surface area (Å²) in [6.07, 6.45) is 4.67. The van der Waals surface area contributed by atoms with Crippen LogP contribution in [0.1, 0.15) is 54.1 Å². The normalized spacial score (nSPS) is 17.9. The van der Waals surface area contributed by atoms with Gasteiger partial charge in [-0.05, 0) is 91.6 Å². The number of nitrogens with zero attached hydrogens (tertiary/aromatic N) is 2. The summed E-state index contributed by atoms with van der Waals surface area (Å²) in [6, 6.07) is 17.5. The smallest absolute Gasteiger partial charge is 0.228 e. The van der Waals surface area contributed by atoms with E-state index in [2.05, 4.69) is 16.5 Å². The van der Waals surface area contributed by atoms with Crippen molar-refractivity contribution in [1.82, 2.24) is 15.4 Å². The second kappa shape index (κ2) is 15.2. The molecule has 2 atom stereocenters. The number of carbonyl (C=O) groups is 1. The molecule has 7 nitrogen and oxygen atoms in total. The molecule has 0 radical (unpaired) electrons. The number of aromatic nitrogens is 1. The highest BCUT2D eigenvalue weighted by atomic mass is 35.5. The lowest BCUT2D eigenvalue weighted by atomic mass is 9.80. The molecule has 248 valence electrons. The molecule has 2 aliphatic rings. The summed E-state index contributed by atoms with van der Waals surface area (Å²) in [5.41, 5.74) is 3.17. The lowest BCUT2D eigenvalue weighted by Gasteiger charge is -2.36. The van der Waals surface area contributed by atoms with Crippen LogP contribution < -0.4 is 10.1 Å². The lowest BCUT2D eigenvalue weighted by molar-refractivity contribution is -0.138. The van der Waals surface area contributed by atoms with Crippen molar-refractivity contribution in [2.45, 2.75) is 57.2 Å². The van der Waals surface area contributed by atoms with Gasteiger partial charge in [-0.2, -0.15) is 0 Å². The second-order valence-electron chi connectivity index (χ2n) is 12.2. The number of rotatable bonds is 13. The first-order valence-electron chi connectivity index (χ1n) is 15.9. The van der Waals surface area contributed by atoms with E-state index in [1.807, 2.05) is 41.3 Å². The van der Waals surface area contributed by atoms with Gasteiger partial charge in [0.1, 0.15) is 29.7 Å². The van der Waals surface area contributed by atoms with Gasteiger partial charge in [-0.3, -0.25) is 4.79 Å². The van der Waals surface area contributed by atoms with Gasteiger partial charge in [-0.1, -0.05) is 52.6 Å². The largest absolute Gasteiger partial charge is 0.486 e. The van der Waals surface area contributed by atoms with Gasteiger partial charge in [0.15, 0.2) is 5.76 Å². The van der Waals surface area contributed by atoms with Gasteiger partial charge in [0.2, 0.25) is 5.91 Å². The maximum atomic E-state index is 14.3. The van der Waals surface area contributed by atoms with E-state index < -0.39 is 11.6 Å². The molecule has 6 rings (SSSR count). The zero-order valence-electron chi connectivity index (χ0n) is 26.1. The summed E-state index contributed by atoms with van der Waals surface area (Å²) >= 11 is 12.6. The Hall–Kier alpha value is -3.50. The second-order valence-corrected chi connectivity index (χ2v) is 13.0. The predicted molar refractivity (Wildman–Crippen MR) is 177 cm³/mol. The molecule has 4 aromatic rings. The van der Waals surface area contributed by atoms with Gasteiger partial charge in [0, 0.05) is 43.9 Å². The Morgan fingerprint density at radius 3 is 2.60 bits per heavy atom. The molecule has 0 spiro atoms. The molecule has 2 fully saturated rings. The van der Waals surface area contributed by atoms with Gasteiger partial charge in [-0.25, -0.2) is 8.78 Å². The van der Waals surface area contributed by atoms with E-state index in [0.717, 1.165) is 61.9 Å². The number of ether oxygens (including phenoxy) is 2. The van der Waals surface area contributed by atoms with Crippen LogP contribution in [0, 0.1) is 17.6 Å². The van der Waals surface area contributed by atoms with Crippen LogP contribution in [0.25, 0.3) is 11.3 Å². The van der Waals surface area contributed by atoms with Crippen molar-refractivity contribution >= 4 is 29.1 Å². The Balaban J connectivity index is 1.11. The van der Waals surface area contributed by atoms with Gasteiger partial charge in [0.05, 0.1) is 16.5 Å². The number of aryl methyl sites for hydroxylation is 1. The summed E-state index contributed by atoms with van der Waals surface area (Å²) in [4.78, 5) is 16.2. The van der Waals surface area contributed by atoms with Crippen LogP contribution in [0.4, 0.5) is 8.78 Å². The quantitative estimate of drug-likeness (QED) is 0.114. The van der Waals surface area contributed by atoms with Crippen LogP contribution in [0.15, 0.2) is 65.2 Å². The van der Waals surface area contributed by atoms with Crippen LogP contribution in [-0.2, 0) is 29.1 Å². The van der Waals surface area contributed by atoms with Crippen molar-refractivity contribution in [3.8, 4) is 17.0 Å². The number of carbonyl (C=O) groups excluding carboxylic acids is 1. The molecule has 1 saturated heterocycles. The highest BCUT2D eigenvalue weighted by Gasteiger charge is 2.40. The first kappa shape index (κ1) is 33.4. The van der Waals surface area contributed by atoms with Crippen LogP contribution in [0.5, 0.6) is 5.75 Å². The summed E-state index contributed by atoms with van der Waals surface area (Å²) < 4.78 is 44.6. The SMILES string of the molecule is COCCCc1ccc(Cl)c(CN(C(=O)[C@H]2CNCC[C@@H]2c2ccc(OCc3cc(-c4c(F)ccc(F)c4Cl)no3)cc2)C2CC2)c1. The van der Waals surface area contributed by atoms with Crippen LogP contribution in [0.2, 0.25) is 10.0 Å². The zero-order chi connectivity index (χ0) is 32.9. The molecule has 1 N–H and O–H groups in total. The minimum absolute atomic E-state index is 0.0296. The number of amides is 1. The maximum Gasteiger partial charge on any atom is 0.228 e. The van der Waals surface area contributed by atoms with E-state index >= 15 is 0 Å². The lowest BCUT2D eigenvalue weighted by Crippen LogP contribution is -2.47. The molecule has 0 bridgehead atoms. The third-order valence-corrected chi connectivity index (χ3v) is 9.62. The Kier molecular flexibility index (Phi) is 10.8. The number of nitrogens with one attached hydrogen (secondary N) is 1. The van der Waals surface area contributed by atoms with E-state index in [9.17, 15) is 13.6 Å². The molecular weight excluding hydrogens is 647 g/mol. The number of hydrogen-bond acceptors (Lipinski definition) is 6. The van der Waals surface area contributed by atoms with Crippen molar-refractivity contribution in [3.05, 3.63) is 105 Å². The molecule has 1 amide bonds. The molecule has 3 aromatic carbocycles. The van der Waals surface area contributed by atoms with Crippen LogP contribution >= 0.6 is 23.2 Å². The summed E-state index contributed by atoms with van der Waals surface area (Å²) in [5, 5.41) is 7.60. The van der Waals surface area contributed by atoms with Crippen molar-refractivity contribution < 1.29 is 27.6 Å². The average molecular weight is 685 g/mol. The van der Waals surface area contributed by atoms with Crippen molar-refractivity contribution in [2.24, 2.45) is 5.92 Å². The Morgan fingerprint density at radius 2 is 1.83 bits per heavy atom. The van der Waals surface area contributed by atoms with Crippen LogP contribution in [0.3, 0.4) is 0 Å². The third-order valence-electron chi connectivity index (χ3n) is 8.88. The molecule has 1 aliphatic heterocycles. The van der Waals surface area contributed by atoms with E-state index in [-0.39, 0.29) is 46.7 Å². The number of hydrogen-bond donors (Lipinski definition) is 1. The minimum Gasteiger partial charge on any atom is -0.486 e. The summed E-state index contributed by atoms with van der Waals surface area (Å²) in [6.45, 7) is 2.67. The van der Waals surface area contributed by atoms with Gasteiger partial charge < -0.3 is 24.2 Å². The third kappa shape index (κ3) is 7.97. The molecule has 1 aromatic heterocycles.